The Morgan fingerprint density at radius 2 is 1.63 bits per heavy atom. The van der Waals surface area contributed by atoms with Crippen molar-refractivity contribution in [3.8, 4) is 28.7 Å². The van der Waals surface area contributed by atoms with E-state index in [1.807, 2.05) is 12.1 Å². The average Bonchev–Trinajstić information content (AvgIpc) is 3.57. The molecule has 51 heavy (non-hydrogen) atoms. The van der Waals surface area contributed by atoms with Crippen LogP contribution in [0.5, 0.6) is 11.5 Å². The first-order valence-electron chi connectivity index (χ1n) is 17.2. The maximum Gasteiger partial charge on any atom is 0.142 e. The van der Waals surface area contributed by atoms with Gasteiger partial charge >= 0.3 is 0 Å². The highest BCUT2D eigenvalue weighted by molar-refractivity contribution is 6.32. The summed E-state index contributed by atoms with van der Waals surface area (Å²) in [6.45, 7) is 9.68. The molecule has 0 amide bonds. The van der Waals surface area contributed by atoms with Gasteiger partial charge in [0.05, 0.1) is 48.7 Å². The average molecular weight is 715 g/mol. The van der Waals surface area contributed by atoms with Crippen molar-refractivity contribution in [1.29, 1.82) is 5.26 Å². The second-order valence-electron chi connectivity index (χ2n) is 13.4. The molecular weight excluding hydrogens is 668 g/mol. The van der Waals surface area contributed by atoms with Crippen LogP contribution >= 0.6 is 11.6 Å². The first-order chi connectivity index (χ1) is 24.6. The van der Waals surface area contributed by atoms with E-state index in [0.717, 1.165) is 52.9 Å². The number of halogens is 1. The fourth-order valence-electron chi connectivity index (χ4n) is 6.03. The molecule has 1 aliphatic rings. The van der Waals surface area contributed by atoms with Gasteiger partial charge in [-0.3, -0.25) is 9.88 Å². The molecule has 1 saturated heterocycles. The summed E-state index contributed by atoms with van der Waals surface area (Å²) in [6, 6.07) is 19.8. The summed E-state index contributed by atoms with van der Waals surface area (Å²) in [5.74, 6) is 0.940. The van der Waals surface area contributed by atoms with Crippen LogP contribution in [-0.2, 0) is 31.1 Å². The van der Waals surface area contributed by atoms with Gasteiger partial charge in [-0.15, -0.1) is 0 Å². The minimum Gasteiger partial charge on any atom is -0.488 e. The summed E-state index contributed by atoms with van der Waals surface area (Å²) in [4.78, 5) is 6.36. The van der Waals surface area contributed by atoms with Crippen molar-refractivity contribution in [3.05, 3.63) is 111 Å². The Morgan fingerprint density at radius 3 is 2.27 bits per heavy atom. The number of nitrogens with one attached hydrogen (secondary N) is 1. The van der Waals surface area contributed by atoms with Crippen LogP contribution in [0.3, 0.4) is 0 Å². The number of hydrogen-bond donors (Lipinski definition) is 4. The lowest BCUT2D eigenvalue weighted by atomic mass is 9.92. The van der Waals surface area contributed by atoms with Gasteiger partial charge in [0.15, 0.2) is 0 Å². The molecule has 11 heteroatoms. The number of aliphatic hydroxyl groups excluding tert-OH is 3. The molecule has 4 N–H and O–H groups in total. The van der Waals surface area contributed by atoms with Crippen molar-refractivity contribution in [3.63, 3.8) is 0 Å². The Balaban J connectivity index is 1.31. The van der Waals surface area contributed by atoms with E-state index in [2.05, 4.69) is 59.4 Å². The van der Waals surface area contributed by atoms with Crippen molar-refractivity contribution in [1.82, 2.24) is 15.2 Å². The van der Waals surface area contributed by atoms with Gasteiger partial charge in [0.25, 0.3) is 0 Å². The molecule has 0 unspecified atom stereocenters. The van der Waals surface area contributed by atoms with E-state index in [4.69, 9.17) is 25.8 Å². The summed E-state index contributed by atoms with van der Waals surface area (Å²) in [5, 5.41) is 42.2. The molecule has 3 aromatic carbocycles. The molecule has 5 rings (SSSR count). The molecule has 270 valence electrons. The van der Waals surface area contributed by atoms with Crippen LogP contribution in [0.15, 0.2) is 67.0 Å². The maximum absolute atomic E-state index is 9.79. The van der Waals surface area contributed by atoms with Crippen molar-refractivity contribution >= 4 is 11.6 Å². The number of likely N-dealkylation sites (tertiary alicyclic amines) is 1. The Bertz CT molecular complexity index is 1830. The highest BCUT2D eigenvalue weighted by Crippen LogP contribution is 2.36. The maximum atomic E-state index is 9.79. The van der Waals surface area contributed by atoms with Gasteiger partial charge in [-0.25, -0.2) is 0 Å². The number of ether oxygens (including phenoxy) is 3. The highest BCUT2D eigenvalue weighted by atomic mass is 35.5. The van der Waals surface area contributed by atoms with E-state index >= 15 is 0 Å². The van der Waals surface area contributed by atoms with Crippen LogP contribution in [0.4, 0.5) is 0 Å². The van der Waals surface area contributed by atoms with Crippen molar-refractivity contribution < 1.29 is 29.5 Å². The van der Waals surface area contributed by atoms with Crippen LogP contribution in [0.1, 0.15) is 52.3 Å². The molecule has 1 aromatic heterocycles. The third-order valence-corrected chi connectivity index (χ3v) is 9.75. The van der Waals surface area contributed by atoms with E-state index in [0.29, 0.717) is 47.4 Å². The Labute approximate surface area is 305 Å². The zero-order valence-corrected chi connectivity index (χ0v) is 30.2. The quantitative estimate of drug-likeness (QED) is 0.104. The van der Waals surface area contributed by atoms with Gasteiger partial charge in [-0.05, 0) is 72.7 Å². The summed E-state index contributed by atoms with van der Waals surface area (Å²) < 4.78 is 18.6. The van der Waals surface area contributed by atoms with Crippen molar-refractivity contribution in [2.75, 3.05) is 39.5 Å². The van der Waals surface area contributed by atoms with Gasteiger partial charge in [-0.2, -0.15) is 5.26 Å². The topological polar surface area (TPSA) is 140 Å². The smallest absolute Gasteiger partial charge is 0.142 e. The number of pyridine rings is 1. The number of benzene rings is 3. The molecule has 0 saturated carbocycles. The van der Waals surface area contributed by atoms with E-state index in [-0.39, 0.29) is 39.1 Å². The monoisotopic (exact) mass is 714 g/mol. The Kier molecular flexibility index (Phi) is 13.4. The van der Waals surface area contributed by atoms with Gasteiger partial charge in [0.1, 0.15) is 30.8 Å². The molecular formula is C40H47ClN4O6. The van der Waals surface area contributed by atoms with E-state index < -0.39 is 5.54 Å². The normalized spacial score (nSPS) is 14.8. The molecule has 1 fully saturated rings. The summed E-state index contributed by atoms with van der Waals surface area (Å²) in [6.07, 6.45) is 3.74. The molecule has 1 aliphatic heterocycles. The van der Waals surface area contributed by atoms with Crippen LogP contribution in [0.2, 0.25) is 5.02 Å². The SMILES string of the molecule is Cc1c(COCCN2CC[C@@H](O)C2)cccc1-c1cccc(COc2cc(OCc3cncc(C#N)c3)c(CNC(C)(CO)CO)cc2Cl)c1C. The van der Waals surface area contributed by atoms with Crippen molar-refractivity contribution in [2.45, 2.75) is 65.2 Å². The number of aliphatic hydroxyl groups is 3. The fraction of sp³-hybridized carbons (Fsp3) is 0.400. The number of nitriles is 1. The lowest BCUT2D eigenvalue weighted by molar-refractivity contribution is 0.0936. The number of hydrogen-bond acceptors (Lipinski definition) is 10. The lowest BCUT2D eigenvalue weighted by Gasteiger charge is -2.27. The predicted octanol–water partition coefficient (Wildman–Crippen LogP) is 5.46. The minimum absolute atomic E-state index is 0.154. The Hall–Kier alpha value is -4.05. The molecule has 2 heterocycles. The lowest BCUT2D eigenvalue weighted by Crippen LogP contribution is -2.48. The van der Waals surface area contributed by atoms with Gasteiger partial charge in [-0.1, -0.05) is 48.0 Å². The van der Waals surface area contributed by atoms with Crippen LogP contribution in [-0.4, -0.2) is 76.3 Å². The number of β-amino-alcohol motifs (C(OH)–C–C–N with tert-alkyl or cyclic N) is 1. The minimum atomic E-state index is -0.907. The second kappa shape index (κ2) is 17.9. The van der Waals surface area contributed by atoms with Crippen molar-refractivity contribution in [2.24, 2.45) is 0 Å². The molecule has 0 spiro atoms. The van der Waals surface area contributed by atoms with E-state index in [1.165, 1.54) is 11.8 Å². The summed E-state index contributed by atoms with van der Waals surface area (Å²) >= 11 is 6.76. The molecule has 0 bridgehead atoms. The number of rotatable bonds is 17. The second-order valence-corrected chi connectivity index (χ2v) is 13.8. The largest absolute Gasteiger partial charge is 0.488 e. The standard InChI is InChI=1S/C40H47ClN4O6/c1-27-31(23-49-13-12-45-11-10-34(48)21-45)6-4-8-35(27)36-9-5-7-32(28(36)2)24-51-39-16-38(50-22-30-14-29(17-42)18-43-19-30)33(15-37(39)41)20-44-40(3,25-46)26-47/h4-9,14-16,18-19,34,44,46-48H,10-13,20-26H2,1-3H3/t34-/m1/s1. The number of aromatic nitrogens is 1. The van der Waals surface area contributed by atoms with E-state index in [9.17, 15) is 20.6 Å². The van der Waals surface area contributed by atoms with Gasteiger partial charge in [0.2, 0.25) is 0 Å². The van der Waals surface area contributed by atoms with Gasteiger partial charge < -0.3 is 34.8 Å². The first-order valence-corrected chi connectivity index (χ1v) is 17.5. The third-order valence-electron chi connectivity index (χ3n) is 9.46. The summed E-state index contributed by atoms with van der Waals surface area (Å²) in [7, 11) is 0. The molecule has 10 nitrogen and oxygen atoms in total. The third kappa shape index (κ3) is 10.1. The Morgan fingerprint density at radius 1 is 0.941 bits per heavy atom. The molecule has 4 aromatic rings. The van der Waals surface area contributed by atoms with E-state index in [1.54, 1.807) is 31.3 Å². The highest BCUT2D eigenvalue weighted by Gasteiger charge is 2.23. The molecule has 1 atom stereocenters. The number of nitrogens with zero attached hydrogens (tertiary/aromatic N) is 3. The first kappa shape index (κ1) is 38.2. The van der Waals surface area contributed by atoms with Crippen LogP contribution in [0.25, 0.3) is 11.1 Å². The summed E-state index contributed by atoms with van der Waals surface area (Å²) in [5.41, 5.74) is 7.61. The molecule has 0 aliphatic carbocycles. The van der Waals surface area contributed by atoms with Crippen LogP contribution in [0, 0.1) is 25.2 Å². The zero-order chi connectivity index (χ0) is 36.4. The van der Waals surface area contributed by atoms with Gasteiger partial charge in [0, 0.05) is 55.8 Å². The zero-order valence-electron chi connectivity index (χ0n) is 29.5. The predicted molar refractivity (Wildman–Crippen MR) is 197 cm³/mol. The van der Waals surface area contributed by atoms with Crippen LogP contribution < -0.4 is 14.8 Å². The fourth-order valence-corrected chi connectivity index (χ4v) is 6.27. The molecule has 0 radical (unpaired) electrons.